The van der Waals surface area contributed by atoms with Gasteiger partial charge in [0.15, 0.2) is 27.3 Å². The molecule has 0 radical (unpaired) electrons. The van der Waals surface area contributed by atoms with Gasteiger partial charge in [-0.15, -0.1) is 0 Å². The van der Waals surface area contributed by atoms with E-state index >= 15 is 0 Å². The minimum absolute atomic E-state index is 0.000886. The van der Waals surface area contributed by atoms with E-state index in [4.69, 9.17) is 11.6 Å². The highest BCUT2D eigenvalue weighted by Crippen LogP contribution is 2.34. The molecule has 2 aromatic rings. The fourth-order valence-electron chi connectivity index (χ4n) is 3.41. The zero-order chi connectivity index (χ0) is 21.3. The maximum atomic E-state index is 13.3. The van der Waals surface area contributed by atoms with Gasteiger partial charge >= 0.3 is 0 Å². The molecule has 0 atom stereocenters. The smallest absolute Gasteiger partial charge is 0.255 e. The summed E-state index contributed by atoms with van der Waals surface area (Å²) in [5.41, 5.74) is -0.352. The van der Waals surface area contributed by atoms with Crippen LogP contribution in [0.5, 0.6) is 0 Å². The topological polar surface area (TPSA) is 63.2 Å². The van der Waals surface area contributed by atoms with E-state index in [1.54, 1.807) is 0 Å². The van der Waals surface area contributed by atoms with Crippen molar-refractivity contribution in [1.82, 2.24) is 0 Å². The Hall–Kier alpha value is -2.06. The second-order valence-corrected chi connectivity index (χ2v) is 9.88. The van der Waals surface area contributed by atoms with Gasteiger partial charge in [0, 0.05) is 23.4 Å². The first kappa shape index (κ1) is 21.6. The minimum Gasteiger partial charge on any atom is -0.322 e. The highest BCUT2D eigenvalue weighted by Gasteiger charge is 2.32. The Labute approximate surface area is 172 Å². The third-order valence-corrected chi connectivity index (χ3v) is 7.88. The van der Waals surface area contributed by atoms with Crippen LogP contribution >= 0.6 is 11.6 Å². The summed E-state index contributed by atoms with van der Waals surface area (Å²) in [5, 5.41) is 1.65. The molecule has 0 saturated heterocycles. The van der Waals surface area contributed by atoms with Crippen LogP contribution in [0.25, 0.3) is 0 Å². The Morgan fingerprint density at radius 2 is 1.62 bits per heavy atom. The van der Waals surface area contributed by atoms with Gasteiger partial charge in [-0.1, -0.05) is 18.5 Å². The molecule has 1 fully saturated rings. The van der Waals surface area contributed by atoms with Crippen molar-refractivity contribution in [3.63, 3.8) is 0 Å². The van der Waals surface area contributed by atoms with Crippen molar-refractivity contribution in [3.8, 4) is 0 Å². The Morgan fingerprint density at radius 1 is 1.03 bits per heavy atom. The Balaban J connectivity index is 1.87. The molecule has 1 aliphatic rings. The Kier molecular flexibility index (Phi) is 6.24. The molecule has 29 heavy (non-hydrogen) atoms. The zero-order valence-corrected chi connectivity index (χ0v) is 17.1. The summed E-state index contributed by atoms with van der Waals surface area (Å²) < 4.78 is 65.8. The number of nitrogens with one attached hydrogen (secondary N) is 1. The number of rotatable bonds is 4. The van der Waals surface area contributed by atoms with Crippen LogP contribution in [0.2, 0.25) is 5.02 Å². The fourth-order valence-corrected chi connectivity index (χ4v) is 5.74. The highest BCUT2D eigenvalue weighted by molar-refractivity contribution is 7.92. The van der Waals surface area contributed by atoms with E-state index in [0.717, 1.165) is 18.9 Å². The van der Waals surface area contributed by atoms with Crippen molar-refractivity contribution < 1.29 is 26.4 Å². The molecule has 0 bridgehead atoms. The standard InChI is InChI=1S/C20H19ClF3NO3S/c1-11-2-5-14(6-3-11)29(27,28)18-8-12(4-7-15(18)21)20(26)25-13-9-16(22)19(24)17(23)10-13/h4,7-11,14H,2-3,5-6H2,1H3,(H,25,26). The molecule has 0 heterocycles. The lowest BCUT2D eigenvalue weighted by molar-refractivity contribution is 0.102. The van der Waals surface area contributed by atoms with Crippen molar-refractivity contribution in [3.05, 3.63) is 58.4 Å². The average Bonchev–Trinajstić information content (AvgIpc) is 2.66. The molecule has 1 saturated carbocycles. The molecule has 0 aromatic heterocycles. The Bertz CT molecular complexity index is 1030. The maximum absolute atomic E-state index is 13.3. The monoisotopic (exact) mass is 445 g/mol. The number of carbonyl (C=O) groups is 1. The van der Waals surface area contributed by atoms with Gasteiger partial charge in [0.1, 0.15) is 0 Å². The second-order valence-electron chi connectivity index (χ2n) is 7.28. The van der Waals surface area contributed by atoms with E-state index in [9.17, 15) is 26.4 Å². The molecule has 9 heteroatoms. The van der Waals surface area contributed by atoms with E-state index in [0.29, 0.717) is 30.9 Å². The lowest BCUT2D eigenvalue weighted by Gasteiger charge is -2.26. The van der Waals surface area contributed by atoms with Gasteiger partial charge in [0.2, 0.25) is 0 Å². The lowest BCUT2D eigenvalue weighted by Crippen LogP contribution is -2.27. The van der Waals surface area contributed by atoms with Crippen LogP contribution in [0.4, 0.5) is 18.9 Å². The van der Waals surface area contributed by atoms with Gasteiger partial charge in [0.25, 0.3) is 5.91 Å². The normalized spacial score (nSPS) is 19.8. The first-order valence-electron chi connectivity index (χ1n) is 9.09. The molecular formula is C20H19ClF3NO3S. The number of hydrogen-bond acceptors (Lipinski definition) is 3. The van der Waals surface area contributed by atoms with Gasteiger partial charge in [-0.25, -0.2) is 21.6 Å². The van der Waals surface area contributed by atoms with Crippen LogP contribution in [-0.4, -0.2) is 19.6 Å². The van der Waals surface area contributed by atoms with E-state index in [-0.39, 0.29) is 21.2 Å². The SMILES string of the molecule is CC1CCC(S(=O)(=O)c2cc(C(=O)Nc3cc(F)c(F)c(F)c3)ccc2Cl)CC1. The number of halogens is 4. The maximum Gasteiger partial charge on any atom is 0.255 e. The summed E-state index contributed by atoms with van der Waals surface area (Å²) in [6.45, 7) is 2.07. The molecule has 1 N–H and O–H groups in total. The number of carbonyl (C=O) groups excluding carboxylic acids is 1. The Morgan fingerprint density at radius 3 is 2.21 bits per heavy atom. The van der Waals surface area contributed by atoms with Crippen LogP contribution in [0.1, 0.15) is 43.0 Å². The number of sulfone groups is 1. The van der Waals surface area contributed by atoms with Gasteiger partial charge in [0.05, 0.1) is 15.2 Å². The van der Waals surface area contributed by atoms with Crippen LogP contribution in [0.15, 0.2) is 35.2 Å². The van der Waals surface area contributed by atoms with Crippen LogP contribution in [0, 0.1) is 23.4 Å². The first-order valence-corrected chi connectivity index (χ1v) is 11.0. The molecule has 0 spiro atoms. The molecule has 156 valence electrons. The molecule has 1 amide bonds. The van der Waals surface area contributed by atoms with Gasteiger partial charge in [-0.3, -0.25) is 4.79 Å². The lowest BCUT2D eigenvalue weighted by atomic mass is 9.91. The van der Waals surface area contributed by atoms with Crippen molar-refractivity contribution in [2.24, 2.45) is 5.92 Å². The molecule has 0 aliphatic heterocycles. The second kappa shape index (κ2) is 8.36. The summed E-state index contributed by atoms with van der Waals surface area (Å²) >= 11 is 6.10. The summed E-state index contributed by atoms with van der Waals surface area (Å²) in [6, 6.07) is 5.01. The number of benzene rings is 2. The predicted molar refractivity (Wildman–Crippen MR) is 104 cm³/mol. The molecule has 0 unspecified atom stereocenters. The summed E-state index contributed by atoms with van der Waals surface area (Å²) in [6.07, 6.45) is 2.63. The predicted octanol–water partition coefficient (Wildman–Crippen LogP) is 5.36. The molecular weight excluding hydrogens is 427 g/mol. The minimum atomic E-state index is -3.75. The number of hydrogen-bond donors (Lipinski definition) is 1. The highest BCUT2D eigenvalue weighted by atomic mass is 35.5. The van der Waals surface area contributed by atoms with E-state index in [1.165, 1.54) is 12.1 Å². The van der Waals surface area contributed by atoms with Gasteiger partial charge in [-0.2, -0.15) is 0 Å². The van der Waals surface area contributed by atoms with Crippen LogP contribution in [-0.2, 0) is 9.84 Å². The zero-order valence-electron chi connectivity index (χ0n) is 15.5. The third-order valence-electron chi connectivity index (χ3n) is 5.14. The van der Waals surface area contributed by atoms with Crippen molar-refractivity contribution in [2.45, 2.75) is 42.8 Å². The summed E-state index contributed by atoms with van der Waals surface area (Å²) in [4.78, 5) is 12.3. The van der Waals surface area contributed by atoms with Crippen molar-refractivity contribution in [2.75, 3.05) is 5.32 Å². The van der Waals surface area contributed by atoms with E-state index in [1.807, 2.05) is 0 Å². The third kappa shape index (κ3) is 4.59. The quantitative estimate of drug-likeness (QED) is 0.644. The van der Waals surface area contributed by atoms with Crippen molar-refractivity contribution >= 4 is 33.0 Å². The van der Waals surface area contributed by atoms with Gasteiger partial charge < -0.3 is 5.32 Å². The first-order chi connectivity index (χ1) is 13.6. The summed E-state index contributed by atoms with van der Waals surface area (Å²) in [5.74, 6) is -4.90. The number of anilines is 1. The van der Waals surface area contributed by atoms with E-state index < -0.39 is 38.4 Å². The van der Waals surface area contributed by atoms with Gasteiger partial charge in [-0.05, 0) is 49.8 Å². The fraction of sp³-hybridized carbons (Fsp3) is 0.350. The molecule has 2 aromatic carbocycles. The molecule has 3 rings (SSSR count). The summed E-state index contributed by atoms with van der Waals surface area (Å²) in [7, 11) is -3.75. The molecule has 4 nitrogen and oxygen atoms in total. The van der Waals surface area contributed by atoms with Crippen LogP contribution < -0.4 is 5.32 Å². The van der Waals surface area contributed by atoms with E-state index in [2.05, 4.69) is 12.2 Å². The van der Waals surface area contributed by atoms with Crippen molar-refractivity contribution in [1.29, 1.82) is 0 Å². The average molecular weight is 446 g/mol. The molecule has 1 aliphatic carbocycles. The van der Waals surface area contributed by atoms with Crippen LogP contribution in [0.3, 0.4) is 0 Å². The largest absolute Gasteiger partial charge is 0.322 e. The number of amides is 1.